The van der Waals surface area contributed by atoms with Crippen molar-refractivity contribution in [1.82, 2.24) is 0 Å². The zero-order valence-corrected chi connectivity index (χ0v) is 14.6. The third-order valence-corrected chi connectivity index (χ3v) is 5.38. The van der Waals surface area contributed by atoms with Gasteiger partial charge < -0.3 is 19.3 Å². The first-order valence-corrected chi connectivity index (χ1v) is 9.29. The van der Waals surface area contributed by atoms with E-state index in [-0.39, 0.29) is 12.7 Å². The van der Waals surface area contributed by atoms with Gasteiger partial charge >= 0.3 is 0 Å². The minimum atomic E-state index is 0.185. The first-order chi connectivity index (χ1) is 11.8. The molecule has 1 aromatic carbocycles. The smallest absolute Gasteiger partial charge is 0.0717 e. The van der Waals surface area contributed by atoms with E-state index in [2.05, 4.69) is 19.1 Å². The lowest BCUT2D eigenvalue weighted by Gasteiger charge is -2.32. The molecule has 5 unspecified atom stereocenters. The fraction of sp³-hybridized carbons (Fsp3) is 0.700. The Morgan fingerprint density at radius 3 is 2.75 bits per heavy atom. The van der Waals surface area contributed by atoms with Crippen molar-refractivity contribution in [3.05, 3.63) is 35.9 Å². The number of hydrogen-bond acceptors (Lipinski definition) is 4. The minimum absolute atomic E-state index is 0.185. The molecule has 0 amide bonds. The normalized spacial score (nSPS) is 29.9. The van der Waals surface area contributed by atoms with Gasteiger partial charge in [-0.2, -0.15) is 0 Å². The third-order valence-electron chi connectivity index (χ3n) is 5.38. The van der Waals surface area contributed by atoms with E-state index in [9.17, 15) is 0 Å². The summed E-state index contributed by atoms with van der Waals surface area (Å²) in [6.07, 6.45) is 4.87. The predicted molar refractivity (Wildman–Crippen MR) is 92.7 cm³/mol. The van der Waals surface area contributed by atoms with Gasteiger partial charge in [0, 0.05) is 25.0 Å². The SMILES string of the molecule is CC(OCCCCO)C1C2CCC(O2)C1COCc1ccccc1. The van der Waals surface area contributed by atoms with Gasteiger partial charge in [-0.05, 0) is 38.2 Å². The van der Waals surface area contributed by atoms with E-state index in [1.165, 1.54) is 5.56 Å². The van der Waals surface area contributed by atoms with Gasteiger partial charge in [-0.3, -0.25) is 0 Å². The van der Waals surface area contributed by atoms with Crippen molar-refractivity contribution in [2.45, 2.75) is 57.5 Å². The Bertz CT molecular complexity index is 478. The molecule has 4 heteroatoms. The second-order valence-electron chi connectivity index (χ2n) is 7.04. The summed E-state index contributed by atoms with van der Waals surface area (Å²) in [4.78, 5) is 0. The average Bonchev–Trinajstić information content (AvgIpc) is 3.21. The molecule has 24 heavy (non-hydrogen) atoms. The van der Waals surface area contributed by atoms with E-state index < -0.39 is 0 Å². The second-order valence-corrected chi connectivity index (χ2v) is 7.04. The van der Waals surface area contributed by atoms with E-state index in [1.54, 1.807) is 0 Å². The molecule has 0 radical (unpaired) electrons. The Kier molecular flexibility index (Phi) is 6.67. The van der Waals surface area contributed by atoms with Gasteiger partial charge in [0.15, 0.2) is 0 Å². The van der Waals surface area contributed by atoms with Crippen LogP contribution in [0.4, 0.5) is 0 Å². The second kappa shape index (κ2) is 8.95. The summed E-state index contributed by atoms with van der Waals surface area (Å²) in [5, 5.41) is 8.87. The van der Waals surface area contributed by atoms with Crippen molar-refractivity contribution in [3.63, 3.8) is 0 Å². The van der Waals surface area contributed by atoms with Crippen molar-refractivity contribution in [2.75, 3.05) is 19.8 Å². The number of aliphatic hydroxyl groups is 1. The molecule has 0 aliphatic carbocycles. The zero-order valence-electron chi connectivity index (χ0n) is 14.6. The number of hydrogen-bond donors (Lipinski definition) is 1. The maximum absolute atomic E-state index is 8.87. The molecule has 1 N–H and O–H groups in total. The molecule has 5 atom stereocenters. The molecule has 2 fully saturated rings. The first-order valence-electron chi connectivity index (χ1n) is 9.29. The van der Waals surface area contributed by atoms with Crippen LogP contribution in [0.1, 0.15) is 38.2 Å². The van der Waals surface area contributed by atoms with Gasteiger partial charge in [0.2, 0.25) is 0 Å². The number of benzene rings is 1. The standard InChI is InChI=1S/C20H30O4/c1-15(23-12-6-5-11-21)20-17(18-9-10-19(20)24-18)14-22-13-16-7-3-2-4-8-16/h2-4,7-8,15,17-21H,5-6,9-14H2,1H3. The molecule has 2 heterocycles. The molecular formula is C20H30O4. The van der Waals surface area contributed by atoms with Crippen LogP contribution in [0, 0.1) is 11.8 Å². The molecular weight excluding hydrogens is 304 g/mol. The molecule has 2 bridgehead atoms. The molecule has 0 saturated carbocycles. The van der Waals surface area contributed by atoms with E-state index in [4.69, 9.17) is 19.3 Å². The van der Waals surface area contributed by atoms with E-state index in [0.717, 1.165) is 32.3 Å². The van der Waals surface area contributed by atoms with Gasteiger partial charge in [0.05, 0.1) is 31.5 Å². The van der Waals surface area contributed by atoms with Gasteiger partial charge in [-0.15, -0.1) is 0 Å². The van der Waals surface area contributed by atoms with Crippen LogP contribution >= 0.6 is 0 Å². The predicted octanol–water partition coefficient (Wildman–Crippen LogP) is 3.17. The van der Waals surface area contributed by atoms with Gasteiger partial charge in [-0.1, -0.05) is 30.3 Å². The van der Waals surface area contributed by atoms with Gasteiger partial charge in [-0.25, -0.2) is 0 Å². The van der Waals surface area contributed by atoms with E-state index in [1.807, 2.05) is 18.2 Å². The van der Waals surface area contributed by atoms with Crippen LogP contribution in [0.15, 0.2) is 30.3 Å². The lowest BCUT2D eigenvalue weighted by atomic mass is 9.77. The fourth-order valence-corrected chi connectivity index (χ4v) is 4.16. The molecule has 0 aromatic heterocycles. The van der Waals surface area contributed by atoms with Crippen LogP contribution in [0.3, 0.4) is 0 Å². The van der Waals surface area contributed by atoms with E-state index >= 15 is 0 Å². The largest absolute Gasteiger partial charge is 0.396 e. The fourth-order valence-electron chi connectivity index (χ4n) is 4.16. The van der Waals surface area contributed by atoms with Crippen LogP contribution in [-0.2, 0) is 20.8 Å². The lowest BCUT2D eigenvalue weighted by Crippen LogP contribution is -2.38. The Hall–Kier alpha value is -0.940. The number of unbranched alkanes of at least 4 members (excludes halogenated alkanes) is 1. The van der Waals surface area contributed by atoms with Crippen molar-refractivity contribution in [2.24, 2.45) is 11.8 Å². The number of rotatable bonds is 10. The summed E-state index contributed by atoms with van der Waals surface area (Å²) in [6.45, 7) is 4.52. The van der Waals surface area contributed by atoms with Crippen molar-refractivity contribution in [1.29, 1.82) is 0 Å². The summed E-state index contributed by atoms with van der Waals surface area (Å²) in [6, 6.07) is 10.3. The lowest BCUT2D eigenvalue weighted by molar-refractivity contribution is -0.0279. The minimum Gasteiger partial charge on any atom is -0.396 e. The number of ether oxygens (including phenoxy) is 3. The summed E-state index contributed by atoms with van der Waals surface area (Å²) in [5.74, 6) is 0.856. The highest BCUT2D eigenvalue weighted by molar-refractivity contribution is 5.13. The Balaban J connectivity index is 1.48. The average molecular weight is 334 g/mol. The van der Waals surface area contributed by atoms with E-state index in [0.29, 0.717) is 37.3 Å². The molecule has 3 rings (SSSR count). The number of aliphatic hydroxyl groups excluding tert-OH is 1. The molecule has 134 valence electrons. The van der Waals surface area contributed by atoms with Crippen molar-refractivity contribution in [3.8, 4) is 0 Å². The number of fused-ring (bicyclic) bond motifs is 2. The summed E-state index contributed by atoms with van der Waals surface area (Å²) in [7, 11) is 0. The molecule has 1 aromatic rings. The highest BCUT2D eigenvalue weighted by Gasteiger charge is 2.51. The van der Waals surface area contributed by atoms with Crippen LogP contribution in [0.25, 0.3) is 0 Å². The van der Waals surface area contributed by atoms with Crippen LogP contribution in [0.5, 0.6) is 0 Å². The Labute approximate surface area is 145 Å². The first kappa shape index (κ1) is 17.9. The molecule has 2 aliphatic heterocycles. The third kappa shape index (κ3) is 4.37. The molecule has 2 aliphatic rings. The zero-order chi connectivity index (χ0) is 16.8. The Morgan fingerprint density at radius 1 is 1.17 bits per heavy atom. The van der Waals surface area contributed by atoms with Gasteiger partial charge in [0.1, 0.15) is 0 Å². The maximum atomic E-state index is 8.87. The molecule has 0 spiro atoms. The van der Waals surface area contributed by atoms with Crippen LogP contribution in [0.2, 0.25) is 0 Å². The van der Waals surface area contributed by atoms with Crippen LogP contribution < -0.4 is 0 Å². The molecule has 4 nitrogen and oxygen atoms in total. The topological polar surface area (TPSA) is 47.9 Å². The Morgan fingerprint density at radius 2 is 1.96 bits per heavy atom. The van der Waals surface area contributed by atoms with Crippen molar-refractivity contribution >= 4 is 0 Å². The van der Waals surface area contributed by atoms with Crippen LogP contribution in [-0.4, -0.2) is 43.2 Å². The summed E-state index contributed by atoms with van der Waals surface area (Å²) in [5.41, 5.74) is 1.21. The summed E-state index contributed by atoms with van der Waals surface area (Å²) < 4.78 is 18.2. The quantitative estimate of drug-likeness (QED) is 0.668. The highest BCUT2D eigenvalue weighted by Crippen LogP contribution is 2.45. The van der Waals surface area contributed by atoms with Crippen molar-refractivity contribution < 1.29 is 19.3 Å². The summed E-state index contributed by atoms with van der Waals surface area (Å²) >= 11 is 0. The highest BCUT2D eigenvalue weighted by atomic mass is 16.5. The van der Waals surface area contributed by atoms with Gasteiger partial charge in [0.25, 0.3) is 0 Å². The maximum Gasteiger partial charge on any atom is 0.0717 e. The molecule has 2 saturated heterocycles. The monoisotopic (exact) mass is 334 g/mol.